The summed E-state index contributed by atoms with van der Waals surface area (Å²) in [5.41, 5.74) is 0.107. The Hall–Kier alpha value is -2.76. The van der Waals surface area contributed by atoms with Gasteiger partial charge in [0.1, 0.15) is 0 Å². The van der Waals surface area contributed by atoms with Crippen LogP contribution >= 0.6 is 11.6 Å². The van der Waals surface area contributed by atoms with E-state index >= 15 is 0 Å². The first-order valence-corrected chi connectivity index (χ1v) is 11.8. The van der Waals surface area contributed by atoms with Crippen LogP contribution in [0.25, 0.3) is 0 Å². The summed E-state index contributed by atoms with van der Waals surface area (Å²) in [4.78, 5) is 32.4. The molecule has 1 amide bonds. The number of benzene rings is 1. The molecule has 0 aliphatic rings. The van der Waals surface area contributed by atoms with Crippen molar-refractivity contribution in [1.82, 2.24) is 14.3 Å². The average Bonchev–Trinajstić information content (AvgIpc) is 2.76. The van der Waals surface area contributed by atoms with Gasteiger partial charge in [-0.25, -0.2) is 18.4 Å². The van der Waals surface area contributed by atoms with E-state index in [-0.39, 0.29) is 28.6 Å². The minimum absolute atomic E-state index is 0.000229. The van der Waals surface area contributed by atoms with Gasteiger partial charge in [0.15, 0.2) is 6.10 Å². The molecule has 12 heteroatoms. The van der Waals surface area contributed by atoms with Crippen LogP contribution in [-0.2, 0) is 24.3 Å². The first-order chi connectivity index (χ1) is 15.2. The van der Waals surface area contributed by atoms with Crippen LogP contribution in [0, 0.1) is 0 Å². The Kier molecular flexibility index (Phi) is 9.36. The number of nitrogens with one attached hydrogen (secondary N) is 2. The lowest BCUT2D eigenvalue weighted by molar-refractivity contribution is -0.152. The summed E-state index contributed by atoms with van der Waals surface area (Å²) in [7, 11) is -3.73. The molecule has 0 fully saturated rings. The minimum atomic E-state index is -3.73. The van der Waals surface area contributed by atoms with Crippen molar-refractivity contribution in [3.05, 3.63) is 41.7 Å². The van der Waals surface area contributed by atoms with E-state index < -0.39 is 28.0 Å². The highest BCUT2D eigenvalue weighted by Gasteiger charge is 2.24. The van der Waals surface area contributed by atoms with Crippen LogP contribution in [0.4, 0.5) is 11.6 Å². The molecule has 0 aliphatic carbocycles. The third kappa shape index (κ3) is 6.87. The van der Waals surface area contributed by atoms with Gasteiger partial charge in [-0.15, -0.1) is 0 Å². The van der Waals surface area contributed by atoms with E-state index in [0.717, 1.165) is 0 Å². The van der Waals surface area contributed by atoms with E-state index in [4.69, 9.17) is 16.3 Å². The summed E-state index contributed by atoms with van der Waals surface area (Å²) >= 11 is 6.12. The number of esters is 1. The second-order valence-electron chi connectivity index (χ2n) is 6.60. The van der Waals surface area contributed by atoms with Gasteiger partial charge in [-0.2, -0.15) is 4.31 Å². The lowest BCUT2D eigenvalue weighted by Crippen LogP contribution is -2.31. The number of halogens is 1. The molecule has 1 atom stereocenters. The van der Waals surface area contributed by atoms with Crippen molar-refractivity contribution in [3.63, 3.8) is 0 Å². The molecule has 1 aromatic carbocycles. The predicted octanol–water partition coefficient (Wildman–Crippen LogP) is 2.53. The van der Waals surface area contributed by atoms with E-state index in [1.54, 1.807) is 32.3 Å². The molecule has 10 nitrogen and oxygen atoms in total. The normalized spacial score (nSPS) is 12.3. The van der Waals surface area contributed by atoms with Gasteiger partial charge >= 0.3 is 5.97 Å². The molecule has 1 aromatic heterocycles. The smallest absolute Gasteiger partial charge is 0.308 e. The van der Waals surface area contributed by atoms with Crippen molar-refractivity contribution in [2.45, 2.75) is 38.2 Å². The van der Waals surface area contributed by atoms with Crippen molar-refractivity contribution < 1.29 is 22.7 Å². The van der Waals surface area contributed by atoms with Crippen molar-refractivity contribution in [1.29, 1.82) is 0 Å². The van der Waals surface area contributed by atoms with Gasteiger partial charge < -0.3 is 15.4 Å². The lowest BCUT2D eigenvalue weighted by atomic mass is 10.3. The fraction of sp³-hybridized carbons (Fsp3) is 0.400. The molecule has 0 saturated carbocycles. The zero-order valence-corrected chi connectivity index (χ0v) is 19.6. The molecule has 32 heavy (non-hydrogen) atoms. The van der Waals surface area contributed by atoms with Crippen molar-refractivity contribution >= 4 is 45.1 Å². The maximum absolute atomic E-state index is 12.7. The number of ether oxygens (including phenoxy) is 1. The van der Waals surface area contributed by atoms with Gasteiger partial charge in [-0.3, -0.25) is 9.59 Å². The van der Waals surface area contributed by atoms with Gasteiger partial charge in [0.2, 0.25) is 16.0 Å². The number of hydrogen-bond donors (Lipinski definition) is 2. The van der Waals surface area contributed by atoms with Gasteiger partial charge in [-0.05, 0) is 31.2 Å². The third-order valence-corrected chi connectivity index (χ3v) is 6.77. The number of amides is 1. The molecule has 0 spiro atoms. The van der Waals surface area contributed by atoms with E-state index in [0.29, 0.717) is 19.0 Å². The van der Waals surface area contributed by atoms with Gasteiger partial charge in [0, 0.05) is 32.0 Å². The Morgan fingerprint density at radius 1 is 1.19 bits per heavy atom. The zero-order chi connectivity index (χ0) is 23.7. The van der Waals surface area contributed by atoms with Crippen molar-refractivity contribution in [2.24, 2.45) is 0 Å². The summed E-state index contributed by atoms with van der Waals surface area (Å²) in [6.07, 6.45) is 2.00. The number of nitrogens with zero attached hydrogens (tertiary/aromatic N) is 3. The highest BCUT2D eigenvalue weighted by Crippen LogP contribution is 2.27. The third-order valence-electron chi connectivity index (χ3n) is 4.39. The lowest BCUT2D eigenvalue weighted by Gasteiger charge is -2.19. The SMILES string of the molecule is CCN(CC)S(=O)(=O)c1ccc(Cl)c(NC(=O)C(C)OC(=O)CCNc2ncccn2)c1. The van der Waals surface area contributed by atoms with Gasteiger partial charge in [0.05, 0.1) is 22.0 Å². The fourth-order valence-corrected chi connectivity index (χ4v) is 4.33. The molecule has 174 valence electrons. The first-order valence-electron chi connectivity index (χ1n) is 10.00. The Morgan fingerprint density at radius 3 is 2.47 bits per heavy atom. The van der Waals surface area contributed by atoms with Crippen LogP contribution < -0.4 is 10.6 Å². The van der Waals surface area contributed by atoms with Crippen LogP contribution in [0.15, 0.2) is 41.6 Å². The summed E-state index contributed by atoms with van der Waals surface area (Å²) in [5, 5.41) is 5.54. The molecular formula is C20H26ClN5O5S. The Labute approximate surface area is 192 Å². The highest BCUT2D eigenvalue weighted by molar-refractivity contribution is 7.89. The molecule has 0 aliphatic heterocycles. The predicted molar refractivity (Wildman–Crippen MR) is 121 cm³/mol. The van der Waals surface area contributed by atoms with Crippen LogP contribution in [0.1, 0.15) is 27.2 Å². The summed E-state index contributed by atoms with van der Waals surface area (Å²) in [5.74, 6) is -0.864. The van der Waals surface area contributed by atoms with Crippen LogP contribution in [0.3, 0.4) is 0 Å². The maximum Gasteiger partial charge on any atom is 0.308 e. The molecule has 0 saturated heterocycles. The molecule has 2 aromatic rings. The molecule has 2 N–H and O–H groups in total. The molecule has 1 unspecified atom stereocenters. The number of aromatic nitrogens is 2. The standard InChI is InChI=1S/C20H26ClN5O5S/c1-4-26(5-2)32(29,30)15-7-8-16(21)17(13-15)25-19(28)14(3)31-18(27)9-12-24-20-22-10-6-11-23-20/h6-8,10-11,13-14H,4-5,9,12H2,1-3H3,(H,25,28)(H,22,23,24). The topological polar surface area (TPSA) is 131 Å². The van der Waals surface area contributed by atoms with E-state index in [1.165, 1.54) is 29.4 Å². The van der Waals surface area contributed by atoms with Crippen LogP contribution in [0.5, 0.6) is 0 Å². The van der Waals surface area contributed by atoms with E-state index in [9.17, 15) is 18.0 Å². The van der Waals surface area contributed by atoms with Gasteiger partial charge in [-0.1, -0.05) is 25.4 Å². The van der Waals surface area contributed by atoms with E-state index in [2.05, 4.69) is 20.6 Å². The number of carbonyl (C=O) groups excluding carboxylic acids is 2. The van der Waals surface area contributed by atoms with E-state index in [1.807, 2.05) is 0 Å². The van der Waals surface area contributed by atoms with Crippen LogP contribution in [0.2, 0.25) is 5.02 Å². The van der Waals surface area contributed by atoms with Crippen LogP contribution in [-0.4, -0.2) is 60.3 Å². The number of hydrogen-bond acceptors (Lipinski definition) is 8. The fourth-order valence-electron chi connectivity index (χ4n) is 2.68. The Balaban J connectivity index is 1.96. The number of carbonyl (C=O) groups is 2. The summed E-state index contributed by atoms with van der Waals surface area (Å²) < 4.78 is 31.8. The molecule has 0 radical (unpaired) electrons. The number of sulfonamides is 1. The van der Waals surface area contributed by atoms with Crippen molar-refractivity contribution in [3.8, 4) is 0 Å². The Morgan fingerprint density at radius 2 is 1.84 bits per heavy atom. The zero-order valence-electron chi connectivity index (χ0n) is 18.0. The molecule has 0 bridgehead atoms. The summed E-state index contributed by atoms with van der Waals surface area (Å²) in [6, 6.07) is 5.72. The second-order valence-corrected chi connectivity index (χ2v) is 8.95. The average molecular weight is 484 g/mol. The quantitative estimate of drug-likeness (QED) is 0.466. The van der Waals surface area contributed by atoms with Gasteiger partial charge in [0.25, 0.3) is 5.91 Å². The molecular weight excluding hydrogens is 458 g/mol. The molecule has 1 heterocycles. The second kappa shape index (κ2) is 11.7. The monoisotopic (exact) mass is 483 g/mol. The number of rotatable bonds is 11. The highest BCUT2D eigenvalue weighted by atomic mass is 35.5. The maximum atomic E-state index is 12.7. The first kappa shape index (κ1) is 25.5. The number of anilines is 2. The largest absolute Gasteiger partial charge is 0.452 e. The van der Waals surface area contributed by atoms with Crippen molar-refractivity contribution in [2.75, 3.05) is 30.3 Å². The molecule has 2 rings (SSSR count). The minimum Gasteiger partial charge on any atom is -0.452 e. The summed E-state index contributed by atoms with van der Waals surface area (Å²) in [6.45, 7) is 5.72. The Bertz CT molecular complexity index is 1030.